The Balaban J connectivity index is 1.95. The van der Waals surface area contributed by atoms with Crippen LogP contribution in [-0.4, -0.2) is 11.0 Å². The van der Waals surface area contributed by atoms with Crippen LogP contribution in [0.2, 0.25) is 0 Å². The number of ether oxygens (including phenoxy) is 1. The van der Waals surface area contributed by atoms with E-state index in [4.69, 9.17) is 4.74 Å². The first-order valence-electron chi connectivity index (χ1n) is 7.48. The number of nitrogens with one attached hydrogen (secondary N) is 1. The summed E-state index contributed by atoms with van der Waals surface area (Å²) in [6, 6.07) is 8.75. The van der Waals surface area contributed by atoms with Gasteiger partial charge in [-0.15, -0.1) is 11.3 Å². The van der Waals surface area contributed by atoms with E-state index >= 15 is 0 Å². The SMILES string of the molecule is CCc1cccc(OCc2nc(C)c(CNC(C)C)s2)c1. The molecule has 114 valence electrons. The Morgan fingerprint density at radius 2 is 2.14 bits per heavy atom. The number of thiazole rings is 1. The van der Waals surface area contributed by atoms with Gasteiger partial charge in [-0.2, -0.15) is 0 Å². The van der Waals surface area contributed by atoms with Gasteiger partial charge in [0.15, 0.2) is 0 Å². The topological polar surface area (TPSA) is 34.1 Å². The van der Waals surface area contributed by atoms with Gasteiger partial charge in [0.2, 0.25) is 0 Å². The molecule has 0 aliphatic rings. The summed E-state index contributed by atoms with van der Waals surface area (Å²) in [7, 11) is 0. The van der Waals surface area contributed by atoms with E-state index in [-0.39, 0.29) is 0 Å². The Morgan fingerprint density at radius 3 is 2.86 bits per heavy atom. The summed E-state index contributed by atoms with van der Waals surface area (Å²) in [6.45, 7) is 9.95. The highest BCUT2D eigenvalue weighted by atomic mass is 32.1. The molecule has 0 saturated carbocycles. The number of rotatable bonds is 7. The van der Waals surface area contributed by atoms with Crippen LogP contribution in [0.5, 0.6) is 5.75 Å². The normalized spacial score (nSPS) is 11.1. The van der Waals surface area contributed by atoms with Gasteiger partial charge >= 0.3 is 0 Å². The molecule has 0 spiro atoms. The van der Waals surface area contributed by atoms with Crippen molar-refractivity contribution in [1.82, 2.24) is 10.3 Å². The van der Waals surface area contributed by atoms with Crippen molar-refractivity contribution >= 4 is 11.3 Å². The van der Waals surface area contributed by atoms with E-state index in [1.807, 2.05) is 12.1 Å². The smallest absolute Gasteiger partial charge is 0.140 e. The van der Waals surface area contributed by atoms with Crippen molar-refractivity contribution in [2.75, 3.05) is 0 Å². The van der Waals surface area contributed by atoms with E-state index < -0.39 is 0 Å². The first-order valence-corrected chi connectivity index (χ1v) is 8.30. The molecule has 0 saturated heterocycles. The summed E-state index contributed by atoms with van der Waals surface area (Å²) in [5, 5.41) is 4.47. The summed E-state index contributed by atoms with van der Waals surface area (Å²) in [6.07, 6.45) is 1.03. The molecule has 0 bridgehead atoms. The van der Waals surface area contributed by atoms with Crippen LogP contribution in [0.3, 0.4) is 0 Å². The maximum atomic E-state index is 5.86. The third-order valence-corrected chi connectivity index (χ3v) is 4.41. The fourth-order valence-corrected chi connectivity index (χ4v) is 2.94. The molecule has 0 unspecified atom stereocenters. The first-order chi connectivity index (χ1) is 10.1. The number of hydrogen-bond acceptors (Lipinski definition) is 4. The zero-order valence-corrected chi connectivity index (χ0v) is 14.1. The van der Waals surface area contributed by atoms with Gasteiger partial charge < -0.3 is 10.1 Å². The second kappa shape index (κ2) is 7.57. The molecule has 1 aromatic heterocycles. The van der Waals surface area contributed by atoms with Gasteiger partial charge in [-0.3, -0.25) is 0 Å². The van der Waals surface area contributed by atoms with Crippen LogP contribution >= 0.6 is 11.3 Å². The van der Waals surface area contributed by atoms with Gasteiger partial charge in [0.1, 0.15) is 17.4 Å². The minimum absolute atomic E-state index is 0.489. The standard InChI is InChI=1S/C17H24N2OS/c1-5-14-7-6-8-15(9-14)20-11-17-19-13(4)16(21-17)10-18-12(2)3/h6-9,12,18H,5,10-11H2,1-4H3. The zero-order valence-electron chi connectivity index (χ0n) is 13.3. The fourth-order valence-electron chi connectivity index (χ4n) is 2.01. The quantitative estimate of drug-likeness (QED) is 0.836. The Kier molecular flexibility index (Phi) is 5.76. The molecule has 0 fully saturated rings. The molecular weight excluding hydrogens is 280 g/mol. The van der Waals surface area contributed by atoms with Crippen LogP contribution in [0.4, 0.5) is 0 Å². The number of aryl methyl sites for hydroxylation is 2. The van der Waals surface area contributed by atoms with E-state index in [1.165, 1.54) is 10.4 Å². The molecular formula is C17H24N2OS. The Bertz CT molecular complexity index is 578. The average Bonchev–Trinajstić information content (AvgIpc) is 2.83. The molecule has 3 nitrogen and oxygen atoms in total. The maximum absolute atomic E-state index is 5.86. The summed E-state index contributed by atoms with van der Waals surface area (Å²) >= 11 is 1.73. The molecule has 2 rings (SSSR count). The number of hydrogen-bond donors (Lipinski definition) is 1. The minimum atomic E-state index is 0.489. The highest BCUT2D eigenvalue weighted by Crippen LogP contribution is 2.21. The lowest BCUT2D eigenvalue weighted by molar-refractivity contribution is 0.305. The van der Waals surface area contributed by atoms with Crippen LogP contribution in [-0.2, 0) is 19.6 Å². The van der Waals surface area contributed by atoms with E-state index in [0.29, 0.717) is 12.6 Å². The second-order valence-electron chi connectivity index (χ2n) is 5.44. The molecule has 21 heavy (non-hydrogen) atoms. The molecule has 0 aliphatic carbocycles. The van der Waals surface area contributed by atoms with Crippen LogP contribution < -0.4 is 10.1 Å². The van der Waals surface area contributed by atoms with E-state index in [0.717, 1.165) is 29.4 Å². The van der Waals surface area contributed by atoms with Crippen LogP contribution in [0.25, 0.3) is 0 Å². The lowest BCUT2D eigenvalue weighted by Gasteiger charge is -2.06. The summed E-state index contributed by atoms with van der Waals surface area (Å²) in [5.41, 5.74) is 2.40. The molecule has 1 aromatic carbocycles. The molecule has 0 amide bonds. The first kappa shape index (κ1) is 16.0. The monoisotopic (exact) mass is 304 g/mol. The zero-order chi connectivity index (χ0) is 15.2. The molecule has 1 heterocycles. The van der Waals surface area contributed by atoms with Crippen LogP contribution in [0, 0.1) is 6.92 Å². The Hall–Kier alpha value is -1.39. The Morgan fingerprint density at radius 1 is 1.33 bits per heavy atom. The summed E-state index contributed by atoms with van der Waals surface area (Å²) in [4.78, 5) is 5.90. The lowest BCUT2D eigenvalue weighted by atomic mass is 10.2. The largest absolute Gasteiger partial charge is 0.486 e. The third kappa shape index (κ3) is 4.83. The predicted molar refractivity (Wildman–Crippen MR) is 89.0 cm³/mol. The van der Waals surface area contributed by atoms with Crippen molar-refractivity contribution in [2.45, 2.75) is 53.3 Å². The molecule has 0 radical (unpaired) electrons. The average molecular weight is 304 g/mol. The Labute approximate surface area is 131 Å². The van der Waals surface area contributed by atoms with Gasteiger partial charge in [-0.25, -0.2) is 4.98 Å². The predicted octanol–water partition coefficient (Wildman–Crippen LogP) is 4.09. The van der Waals surface area contributed by atoms with Gasteiger partial charge in [0.05, 0.1) is 5.69 Å². The van der Waals surface area contributed by atoms with Crippen molar-refractivity contribution in [1.29, 1.82) is 0 Å². The fraction of sp³-hybridized carbons (Fsp3) is 0.471. The van der Waals surface area contributed by atoms with Gasteiger partial charge in [0.25, 0.3) is 0 Å². The molecule has 0 aliphatic heterocycles. The van der Waals surface area contributed by atoms with E-state index in [9.17, 15) is 0 Å². The molecule has 2 aromatic rings. The van der Waals surface area contributed by atoms with E-state index in [2.05, 4.69) is 50.1 Å². The van der Waals surface area contributed by atoms with Gasteiger partial charge in [0, 0.05) is 17.5 Å². The van der Waals surface area contributed by atoms with Crippen LogP contribution in [0.1, 0.15) is 41.9 Å². The summed E-state index contributed by atoms with van der Waals surface area (Å²) in [5.74, 6) is 0.920. The number of nitrogens with zero attached hydrogens (tertiary/aromatic N) is 1. The third-order valence-electron chi connectivity index (χ3n) is 3.28. The molecule has 0 atom stereocenters. The van der Waals surface area contributed by atoms with Gasteiger partial charge in [-0.1, -0.05) is 32.9 Å². The maximum Gasteiger partial charge on any atom is 0.140 e. The van der Waals surface area contributed by atoms with Crippen molar-refractivity contribution in [3.8, 4) is 5.75 Å². The molecule has 4 heteroatoms. The molecule has 1 N–H and O–H groups in total. The van der Waals surface area contributed by atoms with E-state index in [1.54, 1.807) is 11.3 Å². The minimum Gasteiger partial charge on any atom is -0.486 e. The highest BCUT2D eigenvalue weighted by molar-refractivity contribution is 7.11. The van der Waals surface area contributed by atoms with Crippen LogP contribution in [0.15, 0.2) is 24.3 Å². The van der Waals surface area contributed by atoms with Crippen molar-refractivity contribution in [2.24, 2.45) is 0 Å². The number of benzene rings is 1. The summed E-state index contributed by atoms with van der Waals surface area (Å²) < 4.78 is 5.86. The van der Waals surface area contributed by atoms with Crippen molar-refractivity contribution in [3.63, 3.8) is 0 Å². The lowest BCUT2D eigenvalue weighted by Crippen LogP contribution is -2.21. The van der Waals surface area contributed by atoms with Gasteiger partial charge in [-0.05, 0) is 31.0 Å². The van der Waals surface area contributed by atoms with Crippen molar-refractivity contribution < 1.29 is 4.74 Å². The van der Waals surface area contributed by atoms with Crippen molar-refractivity contribution in [3.05, 3.63) is 45.4 Å². The second-order valence-corrected chi connectivity index (χ2v) is 6.61. The highest BCUT2D eigenvalue weighted by Gasteiger charge is 2.08. The number of aromatic nitrogens is 1.